The van der Waals surface area contributed by atoms with E-state index >= 15 is 0 Å². The predicted molar refractivity (Wildman–Crippen MR) is 98.1 cm³/mol. The van der Waals surface area contributed by atoms with Crippen LogP contribution in [0.5, 0.6) is 5.75 Å². The fourth-order valence-electron chi connectivity index (χ4n) is 2.19. The topological polar surface area (TPSA) is 29.5 Å². The van der Waals surface area contributed by atoms with Crippen LogP contribution in [0, 0.1) is 5.82 Å². The van der Waals surface area contributed by atoms with Crippen LogP contribution in [0.25, 0.3) is 6.08 Å². The van der Waals surface area contributed by atoms with Crippen LogP contribution in [-0.4, -0.2) is 22.2 Å². The number of likely N-dealkylation sites (N-methyl/N-ethyl adjacent to an activating group) is 1. The SMILES string of the molecule is CN1C(=O)/C(=C\c2ccccc2OCc2ccccc2F)SC1=S. The van der Waals surface area contributed by atoms with Crippen LogP contribution in [0.2, 0.25) is 0 Å². The third-order valence-corrected chi connectivity index (χ3v) is 5.02. The summed E-state index contributed by atoms with van der Waals surface area (Å²) in [5, 5.41) is 0. The van der Waals surface area contributed by atoms with E-state index in [1.807, 2.05) is 18.2 Å². The van der Waals surface area contributed by atoms with Gasteiger partial charge in [0.05, 0.1) is 4.91 Å². The zero-order valence-corrected chi connectivity index (χ0v) is 14.5. The summed E-state index contributed by atoms with van der Waals surface area (Å²) in [7, 11) is 1.65. The Labute approximate surface area is 149 Å². The molecule has 0 bridgehead atoms. The molecule has 0 unspecified atom stereocenters. The number of hydrogen-bond acceptors (Lipinski definition) is 4. The second-order valence-corrected chi connectivity index (χ2v) is 6.83. The van der Waals surface area contributed by atoms with Gasteiger partial charge in [0.2, 0.25) is 0 Å². The second kappa shape index (κ2) is 7.15. The molecule has 1 saturated heterocycles. The van der Waals surface area contributed by atoms with E-state index in [1.165, 1.54) is 22.7 Å². The summed E-state index contributed by atoms with van der Waals surface area (Å²) in [5.74, 6) is 0.151. The number of hydrogen-bond donors (Lipinski definition) is 0. The summed E-state index contributed by atoms with van der Waals surface area (Å²) >= 11 is 6.38. The minimum absolute atomic E-state index is 0.117. The van der Waals surface area contributed by atoms with Crippen LogP contribution in [0.4, 0.5) is 4.39 Å². The van der Waals surface area contributed by atoms with Crippen LogP contribution in [0.3, 0.4) is 0 Å². The van der Waals surface area contributed by atoms with Crippen LogP contribution < -0.4 is 4.74 Å². The maximum absolute atomic E-state index is 13.7. The average molecular weight is 359 g/mol. The molecule has 0 aromatic heterocycles. The molecular formula is C18H14FNO2S2. The van der Waals surface area contributed by atoms with Crippen molar-refractivity contribution in [3.63, 3.8) is 0 Å². The zero-order valence-electron chi connectivity index (χ0n) is 12.9. The van der Waals surface area contributed by atoms with Crippen molar-refractivity contribution in [1.82, 2.24) is 4.90 Å². The number of rotatable bonds is 4. The Morgan fingerprint density at radius 1 is 1.21 bits per heavy atom. The van der Waals surface area contributed by atoms with Gasteiger partial charge in [-0.05, 0) is 18.2 Å². The van der Waals surface area contributed by atoms with Gasteiger partial charge in [-0.1, -0.05) is 60.4 Å². The van der Waals surface area contributed by atoms with Crippen molar-refractivity contribution >= 4 is 40.3 Å². The molecule has 122 valence electrons. The molecular weight excluding hydrogens is 345 g/mol. The maximum Gasteiger partial charge on any atom is 0.265 e. The standard InChI is InChI=1S/C18H14FNO2S2/c1-20-17(21)16(24-18(20)23)10-12-6-3-5-9-15(12)22-11-13-7-2-4-8-14(13)19/h2-10H,11H2,1H3/b16-10+. The first kappa shape index (κ1) is 16.7. The van der Waals surface area contributed by atoms with E-state index in [1.54, 1.807) is 37.4 Å². The Bertz CT molecular complexity index is 835. The van der Waals surface area contributed by atoms with Gasteiger partial charge in [0.1, 0.15) is 22.5 Å². The summed E-state index contributed by atoms with van der Waals surface area (Å²) in [6.45, 7) is 0.117. The van der Waals surface area contributed by atoms with E-state index in [9.17, 15) is 9.18 Å². The number of nitrogens with zero attached hydrogens (tertiary/aromatic N) is 1. The Balaban J connectivity index is 1.83. The highest BCUT2D eigenvalue weighted by atomic mass is 32.2. The molecule has 1 fully saturated rings. The molecule has 0 saturated carbocycles. The van der Waals surface area contributed by atoms with Crippen molar-refractivity contribution in [2.45, 2.75) is 6.61 Å². The van der Waals surface area contributed by atoms with Gasteiger partial charge in [-0.15, -0.1) is 0 Å². The highest BCUT2D eigenvalue weighted by Crippen LogP contribution is 2.33. The lowest BCUT2D eigenvalue weighted by atomic mass is 10.1. The molecule has 6 heteroatoms. The van der Waals surface area contributed by atoms with E-state index in [-0.39, 0.29) is 18.3 Å². The quantitative estimate of drug-likeness (QED) is 0.603. The number of carbonyl (C=O) groups is 1. The zero-order chi connectivity index (χ0) is 17.1. The molecule has 0 radical (unpaired) electrons. The third kappa shape index (κ3) is 3.49. The average Bonchev–Trinajstić information content (AvgIpc) is 2.82. The van der Waals surface area contributed by atoms with Gasteiger partial charge >= 0.3 is 0 Å². The van der Waals surface area contributed by atoms with Crippen molar-refractivity contribution in [3.8, 4) is 5.75 Å². The number of para-hydroxylation sites is 1. The van der Waals surface area contributed by atoms with Crippen LogP contribution in [0.1, 0.15) is 11.1 Å². The first-order valence-corrected chi connectivity index (χ1v) is 8.45. The number of halogens is 1. The molecule has 2 aromatic rings. The largest absolute Gasteiger partial charge is 0.488 e. The normalized spacial score (nSPS) is 16.1. The molecule has 0 atom stereocenters. The van der Waals surface area contributed by atoms with Crippen molar-refractivity contribution in [2.75, 3.05) is 7.05 Å². The lowest BCUT2D eigenvalue weighted by molar-refractivity contribution is -0.121. The molecule has 0 aliphatic carbocycles. The fourth-order valence-corrected chi connectivity index (χ4v) is 3.36. The van der Waals surface area contributed by atoms with Gasteiger partial charge in [0, 0.05) is 18.2 Å². The molecule has 3 nitrogen and oxygen atoms in total. The Hall–Kier alpha value is -2.18. The summed E-state index contributed by atoms with van der Waals surface area (Å²) in [6.07, 6.45) is 1.75. The summed E-state index contributed by atoms with van der Waals surface area (Å²) in [5.41, 5.74) is 1.23. The number of thiocarbonyl (C=S) groups is 1. The third-order valence-electron chi connectivity index (χ3n) is 3.53. The van der Waals surface area contributed by atoms with Crippen LogP contribution >= 0.6 is 24.0 Å². The highest BCUT2D eigenvalue weighted by Gasteiger charge is 2.28. The molecule has 2 aromatic carbocycles. The molecule has 1 heterocycles. The number of ether oxygens (including phenoxy) is 1. The van der Waals surface area contributed by atoms with Gasteiger partial charge in [-0.2, -0.15) is 0 Å². The lowest BCUT2D eigenvalue weighted by Gasteiger charge is -2.10. The summed E-state index contributed by atoms with van der Waals surface area (Å²) < 4.78 is 20.0. The molecule has 3 rings (SSSR count). The smallest absolute Gasteiger partial charge is 0.265 e. The molecule has 1 aliphatic heterocycles. The first-order chi connectivity index (χ1) is 11.6. The van der Waals surface area contributed by atoms with Gasteiger partial charge in [-0.3, -0.25) is 9.69 Å². The molecule has 1 amide bonds. The van der Waals surface area contributed by atoms with Crippen molar-refractivity contribution in [2.24, 2.45) is 0 Å². The number of thioether (sulfide) groups is 1. The van der Waals surface area contributed by atoms with Crippen LogP contribution in [0.15, 0.2) is 53.4 Å². The maximum atomic E-state index is 13.7. The molecule has 0 N–H and O–H groups in total. The number of carbonyl (C=O) groups excluding carboxylic acids is 1. The summed E-state index contributed by atoms with van der Waals surface area (Å²) in [6, 6.07) is 13.8. The van der Waals surface area contributed by atoms with Gasteiger partial charge < -0.3 is 4.74 Å². The summed E-state index contributed by atoms with van der Waals surface area (Å²) in [4.78, 5) is 14.1. The molecule has 24 heavy (non-hydrogen) atoms. The highest BCUT2D eigenvalue weighted by molar-refractivity contribution is 8.26. The van der Waals surface area contributed by atoms with E-state index < -0.39 is 0 Å². The Kier molecular flexibility index (Phi) is 4.97. The first-order valence-electron chi connectivity index (χ1n) is 7.23. The molecule has 1 aliphatic rings. The van der Waals surface area contributed by atoms with Crippen molar-refractivity contribution in [3.05, 3.63) is 70.4 Å². The number of amides is 1. The minimum atomic E-state index is -0.304. The number of benzene rings is 2. The van der Waals surface area contributed by atoms with E-state index in [2.05, 4.69) is 0 Å². The minimum Gasteiger partial charge on any atom is -0.488 e. The van der Waals surface area contributed by atoms with Crippen molar-refractivity contribution in [1.29, 1.82) is 0 Å². The predicted octanol–water partition coefficient (Wildman–Crippen LogP) is 4.24. The van der Waals surface area contributed by atoms with E-state index in [0.29, 0.717) is 20.5 Å². The van der Waals surface area contributed by atoms with Gasteiger partial charge in [0.25, 0.3) is 5.91 Å². The van der Waals surface area contributed by atoms with E-state index in [4.69, 9.17) is 17.0 Å². The second-order valence-electron chi connectivity index (χ2n) is 5.16. The monoisotopic (exact) mass is 359 g/mol. The van der Waals surface area contributed by atoms with Gasteiger partial charge in [-0.25, -0.2) is 4.39 Å². The van der Waals surface area contributed by atoms with Gasteiger partial charge in [0.15, 0.2) is 0 Å². The van der Waals surface area contributed by atoms with E-state index in [0.717, 1.165) is 5.56 Å². The molecule has 0 spiro atoms. The Morgan fingerprint density at radius 2 is 1.92 bits per heavy atom. The Morgan fingerprint density at radius 3 is 2.62 bits per heavy atom. The van der Waals surface area contributed by atoms with Crippen LogP contribution in [-0.2, 0) is 11.4 Å². The fraction of sp³-hybridized carbons (Fsp3) is 0.111. The van der Waals surface area contributed by atoms with Crippen molar-refractivity contribution < 1.29 is 13.9 Å². The lowest BCUT2D eigenvalue weighted by Crippen LogP contribution is -2.22.